The Kier molecular flexibility index (Phi) is 8.29. The first-order valence-electron chi connectivity index (χ1n) is 7.89. The van der Waals surface area contributed by atoms with Crippen LogP contribution in [0.4, 0.5) is 10.5 Å². The van der Waals surface area contributed by atoms with Crippen LogP contribution in [-0.4, -0.2) is 37.6 Å². The third-order valence-corrected chi connectivity index (χ3v) is 3.44. The summed E-state index contributed by atoms with van der Waals surface area (Å²) in [5.74, 6) is -0.141. The third kappa shape index (κ3) is 6.60. The molecule has 1 aromatic rings. The molecule has 1 aliphatic rings. The van der Waals surface area contributed by atoms with Crippen LogP contribution >= 0.6 is 12.4 Å². The van der Waals surface area contributed by atoms with Crippen LogP contribution in [0.2, 0.25) is 0 Å². The molecule has 3 amide bonds. The van der Waals surface area contributed by atoms with E-state index >= 15 is 0 Å². The van der Waals surface area contributed by atoms with E-state index in [9.17, 15) is 9.59 Å². The van der Waals surface area contributed by atoms with Crippen molar-refractivity contribution in [1.29, 1.82) is 0 Å². The van der Waals surface area contributed by atoms with Crippen LogP contribution in [0.5, 0.6) is 0 Å². The molecule has 0 atom stereocenters. The van der Waals surface area contributed by atoms with Gasteiger partial charge in [-0.15, -0.1) is 12.4 Å². The van der Waals surface area contributed by atoms with E-state index in [-0.39, 0.29) is 30.4 Å². The molecule has 1 aliphatic heterocycles. The van der Waals surface area contributed by atoms with E-state index < -0.39 is 0 Å². The number of nitrogens with one attached hydrogen (secondary N) is 4. The standard InChI is InChI=1S/C17H24N4O2.ClH/c1-12(2)20-17(23)21-15-5-3-4-14(10-15)16(22)19-11-13-6-8-18-9-7-13;/h3-6,10,12,18H,7-9,11H2,1-2H3,(H,19,22)(H2,20,21,23);1H. The average molecular weight is 353 g/mol. The molecule has 132 valence electrons. The average Bonchev–Trinajstić information content (AvgIpc) is 2.53. The van der Waals surface area contributed by atoms with Gasteiger partial charge in [0.1, 0.15) is 0 Å². The Balaban J connectivity index is 0.00000288. The van der Waals surface area contributed by atoms with Gasteiger partial charge in [-0.2, -0.15) is 0 Å². The highest BCUT2D eigenvalue weighted by Crippen LogP contribution is 2.11. The van der Waals surface area contributed by atoms with Crippen molar-refractivity contribution in [3.05, 3.63) is 41.5 Å². The molecular formula is C17H25ClN4O2. The monoisotopic (exact) mass is 352 g/mol. The number of urea groups is 1. The van der Waals surface area contributed by atoms with E-state index in [2.05, 4.69) is 27.3 Å². The normalized spacial score (nSPS) is 13.5. The highest BCUT2D eigenvalue weighted by molar-refractivity contribution is 5.97. The molecule has 2 rings (SSSR count). The number of rotatable bonds is 5. The number of benzene rings is 1. The van der Waals surface area contributed by atoms with Crippen molar-refractivity contribution in [3.63, 3.8) is 0 Å². The molecule has 1 heterocycles. The predicted octanol–water partition coefficient (Wildman–Crippen LogP) is 2.29. The molecule has 0 saturated heterocycles. The second-order valence-electron chi connectivity index (χ2n) is 5.83. The molecule has 0 saturated carbocycles. The van der Waals surface area contributed by atoms with Crippen molar-refractivity contribution in [2.24, 2.45) is 0 Å². The van der Waals surface area contributed by atoms with Gasteiger partial charge in [0.05, 0.1) is 0 Å². The molecule has 6 nitrogen and oxygen atoms in total. The van der Waals surface area contributed by atoms with Gasteiger partial charge in [0.15, 0.2) is 0 Å². The zero-order valence-corrected chi connectivity index (χ0v) is 14.8. The first-order chi connectivity index (χ1) is 11.0. The lowest BCUT2D eigenvalue weighted by atomic mass is 10.1. The van der Waals surface area contributed by atoms with Crippen molar-refractivity contribution in [2.45, 2.75) is 26.3 Å². The van der Waals surface area contributed by atoms with Gasteiger partial charge in [-0.3, -0.25) is 4.79 Å². The lowest BCUT2D eigenvalue weighted by Gasteiger charge is -2.15. The number of halogens is 1. The van der Waals surface area contributed by atoms with Gasteiger partial charge in [-0.05, 0) is 45.0 Å². The van der Waals surface area contributed by atoms with E-state index in [1.165, 1.54) is 5.57 Å². The Bertz CT molecular complexity index is 602. The van der Waals surface area contributed by atoms with Crippen LogP contribution < -0.4 is 21.3 Å². The molecule has 7 heteroatoms. The Hall–Kier alpha value is -2.05. The number of amides is 3. The minimum Gasteiger partial charge on any atom is -0.348 e. The summed E-state index contributed by atoms with van der Waals surface area (Å²) < 4.78 is 0. The first-order valence-corrected chi connectivity index (χ1v) is 7.89. The van der Waals surface area contributed by atoms with Crippen molar-refractivity contribution < 1.29 is 9.59 Å². The van der Waals surface area contributed by atoms with Gasteiger partial charge in [-0.25, -0.2) is 4.79 Å². The summed E-state index contributed by atoms with van der Waals surface area (Å²) in [6.45, 7) is 6.14. The van der Waals surface area contributed by atoms with Crippen molar-refractivity contribution in [1.82, 2.24) is 16.0 Å². The number of hydrogen-bond donors (Lipinski definition) is 4. The summed E-state index contributed by atoms with van der Waals surface area (Å²) >= 11 is 0. The van der Waals surface area contributed by atoms with Crippen LogP contribution in [0.3, 0.4) is 0 Å². The van der Waals surface area contributed by atoms with Crippen molar-refractivity contribution in [2.75, 3.05) is 25.0 Å². The highest BCUT2D eigenvalue weighted by atomic mass is 35.5. The molecule has 0 spiro atoms. The summed E-state index contributed by atoms with van der Waals surface area (Å²) in [6, 6.07) is 6.69. The maximum Gasteiger partial charge on any atom is 0.319 e. The number of carbonyl (C=O) groups is 2. The van der Waals surface area contributed by atoms with Crippen LogP contribution in [-0.2, 0) is 0 Å². The molecule has 4 N–H and O–H groups in total. The summed E-state index contributed by atoms with van der Waals surface area (Å²) in [4.78, 5) is 23.9. The minimum absolute atomic E-state index is 0. The Morgan fingerprint density at radius 2 is 2.08 bits per heavy atom. The van der Waals surface area contributed by atoms with Crippen LogP contribution in [0, 0.1) is 0 Å². The summed E-state index contributed by atoms with van der Waals surface area (Å²) in [7, 11) is 0. The highest BCUT2D eigenvalue weighted by Gasteiger charge is 2.10. The lowest BCUT2D eigenvalue weighted by molar-refractivity contribution is 0.0956. The zero-order chi connectivity index (χ0) is 16.7. The Morgan fingerprint density at radius 1 is 1.29 bits per heavy atom. The molecule has 0 radical (unpaired) electrons. The van der Waals surface area contributed by atoms with Gasteiger partial charge in [-0.1, -0.05) is 17.7 Å². The largest absolute Gasteiger partial charge is 0.348 e. The maximum absolute atomic E-state index is 12.2. The van der Waals surface area contributed by atoms with E-state index in [0.29, 0.717) is 17.8 Å². The van der Waals surface area contributed by atoms with Gasteiger partial charge in [0, 0.05) is 30.4 Å². The van der Waals surface area contributed by atoms with Crippen molar-refractivity contribution >= 4 is 30.0 Å². The second kappa shape index (κ2) is 9.95. The predicted molar refractivity (Wildman–Crippen MR) is 98.9 cm³/mol. The summed E-state index contributed by atoms with van der Waals surface area (Å²) in [6.07, 6.45) is 3.06. The molecule has 0 bridgehead atoms. The molecule has 0 aromatic heterocycles. The van der Waals surface area contributed by atoms with Gasteiger partial charge in [0.2, 0.25) is 0 Å². The van der Waals surface area contributed by atoms with E-state index in [4.69, 9.17) is 0 Å². The van der Waals surface area contributed by atoms with E-state index in [1.54, 1.807) is 24.3 Å². The third-order valence-electron chi connectivity index (χ3n) is 3.44. The lowest BCUT2D eigenvalue weighted by Crippen LogP contribution is -2.34. The Labute approximate surface area is 148 Å². The molecular weight excluding hydrogens is 328 g/mol. The molecule has 0 unspecified atom stereocenters. The smallest absolute Gasteiger partial charge is 0.319 e. The van der Waals surface area contributed by atoms with E-state index in [1.807, 2.05) is 13.8 Å². The van der Waals surface area contributed by atoms with Crippen LogP contribution in [0.25, 0.3) is 0 Å². The van der Waals surface area contributed by atoms with Gasteiger partial charge < -0.3 is 21.3 Å². The summed E-state index contributed by atoms with van der Waals surface area (Å²) in [5.41, 5.74) is 2.36. The molecule has 1 aromatic carbocycles. The molecule has 24 heavy (non-hydrogen) atoms. The summed E-state index contributed by atoms with van der Waals surface area (Å²) in [5, 5.41) is 11.6. The fourth-order valence-corrected chi connectivity index (χ4v) is 2.29. The van der Waals surface area contributed by atoms with Crippen LogP contribution in [0.1, 0.15) is 30.6 Å². The molecule has 0 fully saturated rings. The SMILES string of the molecule is CC(C)NC(=O)Nc1cccc(C(=O)NCC2=CCNCC2)c1.Cl. The fraction of sp³-hybridized carbons (Fsp3) is 0.412. The topological polar surface area (TPSA) is 82.3 Å². The molecule has 0 aliphatic carbocycles. The number of carbonyl (C=O) groups excluding carboxylic acids is 2. The number of anilines is 1. The zero-order valence-electron chi connectivity index (χ0n) is 14.0. The minimum atomic E-state index is -0.280. The van der Waals surface area contributed by atoms with Crippen LogP contribution in [0.15, 0.2) is 35.9 Å². The van der Waals surface area contributed by atoms with Gasteiger partial charge >= 0.3 is 6.03 Å². The van der Waals surface area contributed by atoms with Gasteiger partial charge in [0.25, 0.3) is 5.91 Å². The quantitative estimate of drug-likeness (QED) is 0.614. The maximum atomic E-state index is 12.2. The first kappa shape index (κ1) is 20.0. The Morgan fingerprint density at radius 3 is 2.75 bits per heavy atom. The fourth-order valence-electron chi connectivity index (χ4n) is 2.29. The van der Waals surface area contributed by atoms with Crippen molar-refractivity contribution in [3.8, 4) is 0 Å². The van der Waals surface area contributed by atoms with E-state index in [0.717, 1.165) is 19.5 Å². The number of hydrogen-bond acceptors (Lipinski definition) is 3. The second-order valence-corrected chi connectivity index (χ2v) is 5.83.